The first-order valence-electron chi connectivity index (χ1n) is 9.26. The lowest BCUT2D eigenvalue weighted by atomic mass is 10.1. The number of carboxylic acids is 1. The van der Waals surface area contributed by atoms with E-state index in [2.05, 4.69) is 15.0 Å². The van der Waals surface area contributed by atoms with Gasteiger partial charge in [0, 0.05) is 6.61 Å². The molecule has 1 unspecified atom stereocenters. The van der Waals surface area contributed by atoms with Gasteiger partial charge in [-0.3, -0.25) is 9.36 Å². The highest BCUT2D eigenvalue weighted by atomic mass is 16.5. The fraction of sp³-hybridized carbons (Fsp3) is 0.368. The minimum atomic E-state index is -0.911. The SMILES string of the molecule is Nc1nc(OCC2CCCO2)nc2c1nc(O)n2Cc1cccc(CC(=O)O)c1. The third kappa shape index (κ3) is 4.21. The van der Waals surface area contributed by atoms with Gasteiger partial charge in [0.15, 0.2) is 17.0 Å². The van der Waals surface area contributed by atoms with Crippen LogP contribution in [-0.4, -0.2) is 55.0 Å². The van der Waals surface area contributed by atoms with Crippen molar-refractivity contribution in [1.29, 1.82) is 0 Å². The summed E-state index contributed by atoms with van der Waals surface area (Å²) < 4.78 is 12.6. The Hall–Kier alpha value is -3.40. The number of nitrogen functional groups attached to an aromatic ring is 1. The lowest BCUT2D eigenvalue weighted by molar-refractivity contribution is -0.136. The Balaban J connectivity index is 1.61. The van der Waals surface area contributed by atoms with E-state index in [1.54, 1.807) is 18.2 Å². The first-order chi connectivity index (χ1) is 14.0. The first kappa shape index (κ1) is 18.9. The van der Waals surface area contributed by atoms with E-state index in [1.807, 2.05) is 6.07 Å². The van der Waals surface area contributed by atoms with Gasteiger partial charge in [-0.2, -0.15) is 15.0 Å². The second-order valence-electron chi connectivity index (χ2n) is 6.90. The molecular weight excluding hydrogens is 378 g/mol. The van der Waals surface area contributed by atoms with E-state index in [4.69, 9.17) is 20.3 Å². The topological polar surface area (TPSA) is 146 Å². The molecule has 0 bridgehead atoms. The van der Waals surface area contributed by atoms with E-state index in [1.165, 1.54) is 4.57 Å². The van der Waals surface area contributed by atoms with Crippen molar-refractivity contribution in [3.05, 3.63) is 35.4 Å². The van der Waals surface area contributed by atoms with E-state index in [9.17, 15) is 9.90 Å². The zero-order valence-corrected chi connectivity index (χ0v) is 15.6. The molecule has 3 aromatic rings. The van der Waals surface area contributed by atoms with Gasteiger partial charge in [0.2, 0.25) is 0 Å². The van der Waals surface area contributed by atoms with Crippen molar-refractivity contribution in [1.82, 2.24) is 19.5 Å². The molecular formula is C19H21N5O5. The number of rotatable bonds is 7. The van der Waals surface area contributed by atoms with E-state index in [0.29, 0.717) is 17.8 Å². The normalized spacial score (nSPS) is 16.3. The fourth-order valence-corrected chi connectivity index (χ4v) is 3.34. The number of aromatic nitrogens is 4. The summed E-state index contributed by atoms with van der Waals surface area (Å²) in [7, 11) is 0. The van der Waals surface area contributed by atoms with Crippen molar-refractivity contribution in [3.63, 3.8) is 0 Å². The second kappa shape index (κ2) is 7.92. The Labute approximate surface area is 165 Å². The van der Waals surface area contributed by atoms with Gasteiger partial charge in [-0.1, -0.05) is 24.3 Å². The molecule has 1 aliphatic heterocycles. The van der Waals surface area contributed by atoms with Gasteiger partial charge >= 0.3 is 12.0 Å². The molecule has 0 amide bonds. The number of aliphatic carboxylic acids is 1. The average Bonchev–Trinajstić information content (AvgIpc) is 3.29. The molecule has 1 fully saturated rings. The number of hydrogen-bond donors (Lipinski definition) is 3. The lowest BCUT2D eigenvalue weighted by Gasteiger charge is -2.11. The molecule has 10 heteroatoms. The quantitative estimate of drug-likeness (QED) is 0.536. The smallest absolute Gasteiger partial charge is 0.320 e. The Kier molecular flexibility index (Phi) is 5.17. The summed E-state index contributed by atoms with van der Waals surface area (Å²) in [6.45, 7) is 1.28. The Morgan fingerprint density at radius 2 is 2.14 bits per heavy atom. The summed E-state index contributed by atoms with van der Waals surface area (Å²) in [5, 5.41) is 19.3. The number of fused-ring (bicyclic) bond motifs is 1. The van der Waals surface area contributed by atoms with Gasteiger partial charge < -0.3 is 25.4 Å². The highest BCUT2D eigenvalue weighted by molar-refractivity contribution is 5.83. The van der Waals surface area contributed by atoms with Gasteiger partial charge in [-0.15, -0.1) is 0 Å². The standard InChI is InChI=1S/C19H21N5O5/c20-16-15-17(23-18(22-16)29-10-13-5-2-6-28-13)24(19(27)21-15)9-12-4-1-3-11(7-12)8-14(25)26/h1,3-4,7,13H,2,5-6,8-10H2,(H,21,27)(H,25,26)(H2,20,22,23). The third-order valence-electron chi connectivity index (χ3n) is 4.69. The van der Waals surface area contributed by atoms with Crippen molar-refractivity contribution in [2.75, 3.05) is 18.9 Å². The molecule has 4 N–H and O–H groups in total. The van der Waals surface area contributed by atoms with Crippen LogP contribution in [0.15, 0.2) is 24.3 Å². The van der Waals surface area contributed by atoms with Crippen molar-refractivity contribution in [2.45, 2.75) is 31.9 Å². The molecule has 29 heavy (non-hydrogen) atoms. The zero-order chi connectivity index (χ0) is 20.4. The van der Waals surface area contributed by atoms with Gasteiger partial charge in [0.05, 0.1) is 19.1 Å². The molecule has 1 aromatic carbocycles. The average molecular weight is 399 g/mol. The molecule has 1 aliphatic rings. The first-order valence-corrected chi connectivity index (χ1v) is 9.26. The second-order valence-corrected chi connectivity index (χ2v) is 6.90. The summed E-state index contributed by atoms with van der Waals surface area (Å²) in [6.07, 6.45) is 1.84. The van der Waals surface area contributed by atoms with Crippen LogP contribution < -0.4 is 10.5 Å². The van der Waals surface area contributed by atoms with Crippen molar-refractivity contribution in [2.24, 2.45) is 0 Å². The fourth-order valence-electron chi connectivity index (χ4n) is 3.34. The van der Waals surface area contributed by atoms with Crippen molar-refractivity contribution >= 4 is 23.0 Å². The molecule has 0 radical (unpaired) electrons. The number of benzene rings is 1. The van der Waals surface area contributed by atoms with Crippen LogP contribution in [0.5, 0.6) is 12.0 Å². The molecule has 4 rings (SSSR count). The van der Waals surface area contributed by atoms with Crippen LogP contribution in [0.1, 0.15) is 24.0 Å². The van der Waals surface area contributed by atoms with E-state index >= 15 is 0 Å². The van der Waals surface area contributed by atoms with Crippen LogP contribution >= 0.6 is 0 Å². The summed E-state index contributed by atoms with van der Waals surface area (Å²) in [6, 6.07) is 6.92. The van der Waals surface area contributed by atoms with Crippen LogP contribution in [0, 0.1) is 0 Å². The Morgan fingerprint density at radius 1 is 1.31 bits per heavy atom. The van der Waals surface area contributed by atoms with Crippen molar-refractivity contribution in [3.8, 4) is 12.0 Å². The molecule has 0 saturated carbocycles. The van der Waals surface area contributed by atoms with Gasteiger partial charge in [0.25, 0.3) is 6.01 Å². The Morgan fingerprint density at radius 3 is 2.90 bits per heavy atom. The molecule has 3 heterocycles. The number of ether oxygens (including phenoxy) is 2. The molecule has 2 aromatic heterocycles. The number of hydrogen-bond acceptors (Lipinski definition) is 8. The largest absolute Gasteiger partial charge is 0.481 e. The van der Waals surface area contributed by atoms with Gasteiger partial charge in [-0.05, 0) is 24.0 Å². The maximum atomic E-state index is 10.9. The number of anilines is 1. The number of nitrogens with two attached hydrogens (primary N) is 1. The highest BCUT2D eigenvalue weighted by Gasteiger charge is 2.20. The monoisotopic (exact) mass is 399 g/mol. The third-order valence-corrected chi connectivity index (χ3v) is 4.69. The zero-order valence-electron chi connectivity index (χ0n) is 15.6. The number of carbonyl (C=O) groups is 1. The highest BCUT2D eigenvalue weighted by Crippen LogP contribution is 2.26. The summed E-state index contributed by atoms with van der Waals surface area (Å²) in [4.78, 5) is 23.5. The summed E-state index contributed by atoms with van der Waals surface area (Å²) in [5.74, 6) is -0.808. The maximum absolute atomic E-state index is 10.9. The number of imidazole rings is 1. The minimum absolute atomic E-state index is 0.00538. The lowest BCUT2D eigenvalue weighted by Crippen LogP contribution is -2.17. The molecule has 152 valence electrons. The summed E-state index contributed by atoms with van der Waals surface area (Å²) in [5.41, 5.74) is 8.04. The Bertz CT molecular complexity index is 1040. The van der Waals surface area contributed by atoms with E-state index < -0.39 is 5.97 Å². The molecule has 1 atom stereocenters. The number of nitrogens with zero attached hydrogens (tertiary/aromatic N) is 4. The molecule has 0 spiro atoms. The van der Waals surface area contributed by atoms with Crippen LogP contribution in [-0.2, 0) is 22.5 Å². The summed E-state index contributed by atoms with van der Waals surface area (Å²) >= 11 is 0. The van der Waals surface area contributed by atoms with Crippen LogP contribution in [0.25, 0.3) is 11.2 Å². The number of carboxylic acid groups (broad SMARTS) is 1. The van der Waals surface area contributed by atoms with Crippen molar-refractivity contribution < 1.29 is 24.5 Å². The van der Waals surface area contributed by atoms with Crippen LogP contribution in [0.4, 0.5) is 5.82 Å². The van der Waals surface area contributed by atoms with E-state index in [-0.39, 0.29) is 42.4 Å². The van der Waals surface area contributed by atoms with Crippen LogP contribution in [0.3, 0.4) is 0 Å². The maximum Gasteiger partial charge on any atom is 0.320 e. The molecule has 1 saturated heterocycles. The predicted octanol–water partition coefficient (Wildman–Crippen LogP) is 1.35. The van der Waals surface area contributed by atoms with Crippen LogP contribution in [0.2, 0.25) is 0 Å². The number of aromatic hydroxyl groups is 1. The molecule has 0 aliphatic carbocycles. The minimum Gasteiger partial charge on any atom is -0.481 e. The molecule has 10 nitrogen and oxygen atoms in total. The predicted molar refractivity (Wildman–Crippen MR) is 103 cm³/mol. The van der Waals surface area contributed by atoms with E-state index in [0.717, 1.165) is 25.0 Å². The van der Waals surface area contributed by atoms with Gasteiger partial charge in [-0.25, -0.2) is 0 Å². The van der Waals surface area contributed by atoms with Gasteiger partial charge in [0.1, 0.15) is 6.61 Å².